The number of aryl methyl sites for hydroxylation is 1. The van der Waals surface area contributed by atoms with E-state index in [4.69, 9.17) is 4.74 Å². The summed E-state index contributed by atoms with van der Waals surface area (Å²) in [6, 6.07) is 12.0. The summed E-state index contributed by atoms with van der Waals surface area (Å²) in [6.07, 6.45) is 1.78. The number of aliphatic imine (C=N–C) groups is 1. The minimum atomic E-state index is 0. The summed E-state index contributed by atoms with van der Waals surface area (Å²) in [7, 11) is 3.43. The molecule has 2 N–H and O–H groups in total. The van der Waals surface area contributed by atoms with Crippen molar-refractivity contribution >= 4 is 29.9 Å². The van der Waals surface area contributed by atoms with Crippen LogP contribution >= 0.6 is 24.0 Å². The van der Waals surface area contributed by atoms with E-state index < -0.39 is 0 Å². The first-order valence-electron chi connectivity index (χ1n) is 7.20. The summed E-state index contributed by atoms with van der Waals surface area (Å²) < 4.78 is 5.29. The third kappa shape index (κ3) is 6.43. The first-order chi connectivity index (χ1) is 10.7. The van der Waals surface area contributed by atoms with Crippen molar-refractivity contribution in [3.05, 3.63) is 59.4 Å². The van der Waals surface area contributed by atoms with Gasteiger partial charge in [-0.05, 0) is 42.3 Å². The van der Waals surface area contributed by atoms with Gasteiger partial charge in [0.05, 0.1) is 19.3 Å². The second-order valence-corrected chi connectivity index (χ2v) is 4.96. The Bertz CT molecular complexity index is 632. The fraction of sp³-hybridized carbons (Fsp3) is 0.294. The molecule has 0 radical (unpaired) electrons. The molecule has 1 aromatic heterocycles. The molecule has 2 aromatic rings. The smallest absolute Gasteiger partial charge is 0.191 e. The van der Waals surface area contributed by atoms with Crippen molar-refractivity contribution < 1.29 is 4.74 Å². The molecule has 1 aromatic carbocycles. The molecular weight excluding hydrogens is 403 g/mol. The second-order valence-electron chi connectivity index (χ2n) is 4.96. The van der Waals surface area contributed by atoms with Crippen LogP contribution < -0.4 is 15.4 Å². The number of hydrogen-bond acceptors (Lipinski definition) is 3. The predicted octanol–water partition coefficient (Wildman–Crippen LogP) is 2.88. The molecule has 0 aliphatic heterocycles. The Morgan fingerprint density at radius 3 is 2.61 bits per heavy atom. The standard InChI is InChI=1S/C17H22N4O.HI/c1-13-8-14(10-16(9-13)22-3)11-20-17(18-2)21-12-15-6-4-5-7-19-15;/h4-10H,11-12H2,1-3H3,(H2,18,20,21);1H. The number of pyridine rings is 1. The van der Waals surface area contributed by atoms with Crippen LogP contribution in [-0.4, -0.2) is 25.1 Å². The van der Waals surface area contributed by atoms with Gasteiger partial charge in [-0.3, -0.25) is 9.98 Å². The number of rotatable bonds is 5. The Kier molecular flexibility index (Phi) is 8.39. The highest BCUT2D eigenvalue weighted by atomic mass is 127. The van der Waals surface area contributed by atoms with Gasteiger partial charge in [-0.1, -0.05) is 12.1 Å². The summed E-state index contributed by atoms with van der Waals surface area (Å²) in [5, 5.41) is 6.53. The highest BCUT2D eigenvalue weighted by molar-refractivity contribution is 14.0. The third-order valence-corrected chi connectivity index (χ3v) is 3.19. The number of hydrogen-bond donors (Lipinski definition) is 2. The van der Waals surface area contributed by atoms with Crippen molar-refractivity contribution in [3.8, 4) is 5.75 Å². The third-order valence-electron chi connectivity index (χ3n) is 3.19. The van der Waals surface area contributed by atoms with Gasteiger partial charge in [0.25, 0.3) is 0 Å². The molecule has 124 valence electrons. The van der Waals surface area contributed by atoms with Gasteiger partial charge in [0, 0.05) is 19.8 Å². The summed E-state index contributed by atoms with van der Waals surface area (Å²) in [4.78, 5) is 8.49. The number of halogens is 1. The number of nitrogens with zero attached hydrogens (tertiary/aromatic N) is 2. The van der Waals surface area contributed by atoms with Gasteiger partial charge in [0.15, 0.2) is 5.96 Å². The maximum absolute atomic E-state index is 5.29. The zero-order valence-electron chi connectivity index (χ0n) is 13.7. The Morgan fingerprint density at radius 1 is 1.17 bits per heavy atom. The van der Waals surface area contributed by atoms with E-state index in [2.05, 4.69) is 33.6 Å². The fourth-order valence-electron chi connectivity index (χ4n) is 2.13. The van der Waals surface area contributed by atoms with Crippen LogP contribution in [0.5, 0.6) is 5.75 Å². The van der Waals surface area contributed by atoms with Crippen LogP contribution in [0.25, 0.3) is 0 Å². The second kappa shape index (κ2) is 10.0. The number of methoxy groups -OCH3 is 1. The summed E-state index contributed by atoms with van der Waals surface area (Å²) in [5.41, 5.74) is 3.30. The van der Waals surface area contributed by atoms with Gasteiger partial charge in [-0.25, -0.2) is 0 Å². The lowest BCUT2D eigenvalue weighted by atomic mass is 10.1. The van der Waals surface area contributed by atoms with E-state index in [1.54, 1.807) is 20.4 Å². The quantitative estimate of drug-likeness (QED) is 0.439. The Labute approximate surface area is 154 Å². The highest BCUT2D eigenvalue weighted by Gasteiger charge is 2.02. The van der Waals surface area contributed by atoms with Gasteiger partial charge in [0.2, 0.25) is 0 Å². The van der Waals surface area contributed by atoms with E-state index in [9.17, 15) is 0 Å². The fourth-order valence-corrected chi connectivity index (χ4v) is 2.13. The maximum Gasteiger partial charge on any atom is 0.191 e. The lowest BCUT2D eigenvalue weighted by Crippen LogP contribution is -2.36. The lowest BCUT2D eigenvalue weighted by Gasteiger charge is -2.12. The molecule has 23 heavy (non-hydrogen) atoms. The molecular formula is C17H23IN4O. The minimum Gasteiger partial charge on any atom is -0.497 e. The molecule has 0 unspecified atom stereocenters. The van der Waals surface area contributed by atoms with Crippen molar-refractivity contribution in [1.29, 1.82) is 0 Å². The molecule has 0 spiro atoms. The average Bonchev–Trinajstić information content (AvgIpc) is 2.55. The van der Waals surface area contributed by atoms with Gasteiger partial charge in [0.1, 0.15) is 5.75 Å². The Balaban J connectivity index is 0.00000264. The maximum atomic E-state index is 5.29. The Hall–Kier alpha value is -1.83. The van der Waals surface area contributed by atoms with Gasteiger partial charge < -0.3 is 15.4 Å². The molecule has 5 nitrogen and oxygen atoms in total. The zero-order valence-corrected chi connectivity index (χ0v) is 16.0. The summed E-state index contributed by atoms with van der Waals surface area (Å²) in [5.74, 6) is 1.61. The monoisotopic (exact) mass is 426 g/mol. The van der Waals surface area contributed by atoms with Crippen LogP contribution in [0.2, 0.25) is 0 Å². The van der Waals surface area contributed by atoms with E-state index in [-0.39, 0.29) is 24.0 Å². The molecule has 2 rings (SSSR count). The number of aromatic nitrogens is 1. The molecule has 0 saturated heterocycles. The van der Waals surface area contributed by atoms with Gasteiger partial charge >= 0.3 is 0 Å². The van der Waals surface area contributed by atoms with Crippen molar-refractivity contribution in [2.75, 3.05) is 14.2 Å². The van der Waals surface area contributed by atoms with E-state index in [1.165, 1.54) is 5.56 Å². The molecule has 0 atom stereocenters. The normalized spacial score (nSPS) is 10.7. The molecule has 0 fully saturated rings. The zero-order chi connectivity index (χ0) is 15.8. The first-order valence-corrected chi connectivity index (χ1v) is 7.20. The number of ether oxygens (including phenoxy) is 1. The van der Waals surface area contributed by atoms with Crippen molar-refractivity contribution in [2.24, 2.45) is 4.99 Å². The van der Waals surface area contributed by atoms with Gasteiger partial charge in [-0.2, -0.15) is 0 Å². The van der Waals surface area contributed by atoms with Crippen molar-refractivity contribution in [2.45, 2.75) is 20.0 Å². The largest absolute Gasteiger partial charge is 0.497 e. The van der Waals surface area contributed by atoms with Crippen LogP contribution in [-0.2, 0) is 13.1 Å². The van der Waals surface area contributed by atoms with Crippen LogP contribution in [0.15, 0.2) is 47.6 Å². The first kappa shape index (κ1) is 19.2. The van der Waals surface area contributed by atoms with Crippen LogP contribution in [0, 0.1) is 6.92 Å². The number of guanidine groups is 1. The topological polar surface area (TPSA) is 58.5 Å². The van der Waals surface area contributed by atoms with Crippen molar-refractivity contribution in [1.82, 2.24) is 15.6 Å². The average molecular weight is 426 g/mol. The minimum absolute atomic E-state index is 0. The molecule has 0 aliphatic carbocycles. The summed E-state index contributed by atoms with van der Waals surface area (Å²) in [6.45, 7) is 3.37. The van der Waals surface area contributed by atoms with Crippen LogP contribution in [0.3, 0.4) is 0 Å². The molecule has 0 aliphatic rings. The van der Waals surface area contributed by atoms with E-state index in [1.807, 2.05) is 30.3 Å². The highest BCUT2D eigenvalue weighted by Crippen LogP contribution is 2.16. The van der Waals surface area contributed by atoms with E-state index in [0.717, 1.165) is 23.0 Å². The molecule has 0 amide bonds. The number of nitrogens with one attached hydrogen (secondary N) is 2. The van der Waals surface area contributed by atoms with Crippen LogP contribution in [0.4, 0.5) is 0 Å². The summed E-state index contributed by atoms with van der Waals surface area (Å²) >= 11 is 0. The van der Waals surface area contributed by atoms with Crippen LogP contribution in [0.1, 0.15) is 16.8 Å². The van der Waals surface area contributed by atoms with E-state index in [0.29, 0.717) is 13.1 Å². The predicted molar refractivity (Wildman–Crippen MR) is 104 cm³/mol. The SMILES string of the molecule is CN=C(NCc1cc(C)cc(OC)c1)NCc1ccccn1.I. The van der Waals surface area contributed by atoms with Crippen molar-refractivity contribution in [3.63, 3.8) is 0 Å². The molecule has 1 heterocycles. The lowest BCUT2D eigenvalue weighted by molar-refractivity contribution is 0.414. The molecule has 0 saturated carbocycles. The molecule has 6 heteroatoms. The molecule has 0 bridgehead atoms. The van der Waals surface area contributed by atoms with Gasteiger partial charge in [-0.15, -0.1) is 24.0 Å². The Morgan fingerprint density at radius 2 is 1.96 bits per heavy atom. The number of benzene rings is 1. The van der Waals surface area contributed by atoms with E-state index >= 15 is 0 Å².